The number of amides is 1. The van der Waals surface area contributed by atoms with Crippen LogP contribution < -0.4 is 10.6 Å². The average molecular weight is 259 g/mol. The molecule has 1 saturated heterocycles. The van der Waals surface area contributed by atoms with Crippen molar-refractivity contribution in [2.24, 2.45) is 0 Å². The molecule has 2 heterocycles. The highest BCUT2D eigenvalue weighted by molar-refractivity contribution is 5.95. The maximum Gasteiger partial charge on any atom is 0.251 e. The molecule has 1 aromatic carbocycles. The van der Waals surface area contributed by atoms with Crippen molar-refractivity contribution in [1.29, 1.82) is 0 Å². The van der Waals surface area contributed by atoms with Crippen LogP contribution in [0.3, 0.4) is 0 Å². The van der Waals surface area contributed by atoms with Crippen LogP contribution in [0.1, 0.15) is 28.8 Å². The molecule has 1 fully saturated rings. The second kappa shape index (κ2) is 5.21. The molecule has 1 aromatic rings. The predicted molar refractivity (Wildman–Crippen MR) is 76.6 cm³/mol. The zero-order valence-electron chi connectivity index (χ0n) is 11.4. The predicted octanol–water partition coefficient (Wildman–Crippen LogP) is 1.48. The number of hydrogen-bond acceptors (Lipinski definition) is 3. The minimum Gasteiger partial charge on any atom is -0.384 e. The van der Waals surface area contributed by atoms with Crippen LogP contribution in [-0.4, -0.2) is 43.5 Å². The highest BCUT2D eigenvalue weighted by Crippen LogP contribution is 2.23. The van der Waals surface area contributed by atoms with Crippen molar-refractivity contribution in [3.8, 4) is 0 Å². The summed E-state index contributed by atoms with van der Waals surface area (Å²) in [5.41, 5.74) is 3.19. The van der Waals surface area contributed by atoms with Crippen molar-refractivity contribution in [2.45, 2.75) is 25.3 Å². The highest BCUT2D eigenvalue weighted by Gasteiger charge is 2.21. The Kier molecular flexibility index (Phi) is 3.42. The second-order valence-electron chi connectivity index (χ2n) is 5.54. The summed E-state index contributed by atoms with van der Waals surface area (Å²) in [6, 6.07) is 6.46. The lowest BCUT2D eigenvalue weighted by Crippen LogP contribution is -2.38. The number of carbonyl (C=O) groups is 1. The normalized spacial score (nSPS) is 22.1. The second-order valence-corrected chi connectivity index (χ2v) is 5.54. The zero-order chi connectivity index (χ0) is 13.2. The highest BCUT2D eigenvalue weighted by atomic mass is 16.1. The van der Waals surface area contributed by atoms with Crippen LogP contribution in [0.15, 0.2) is 18.2 Å². The van der Waals surface area contributed by atoms with Crippen LogP contribution in [0, 0.1) is 0 Å². The Morgan fingerprint density at radius 3 is 3.21 bits per heavy atom. The van der Waals surface area contributed by atoms with Crippen LogP contribution in [0.2, 0.25) is 0 Å². The van der Waals surface area contributed by atoms with Gasteiger partial charge < -0.3 is 15.5 Å². The Bertz CT molecular complexity index is 486. The van der Waals surface area contributed by atoms with Gasteiger partial charge in [0.15, 0.2) is 0 Å². The number of nitrogens with one attached hydrogen (secondary N) is 2. The molecule has 0 spiro atoms. The maximum atomic E-state index is 12.2. The van der Waals surface area contributed by atoms with Crippen LogP contribution >= 0.6 is 0 Å². The van der Waals surface area contributed by atoms with Gasteiger partial charge in [-0.2, -0.15) is 0 Å². The maximum absolute atomic E-state index is 12.2. The van der Waals surface area contributed by atoms with Crippen LogP contribution in [0.5, 0.6) is 0 Å². The van der Waals surface area contributed by atoms with Crippen molar-refractivity contribution < 1.29 is 4.79 Å². The number of nitrogens with zero attached hydrogens (tertiary/aromatic N) is 1. The van der Waals surface area contributed by atoms with E-state index in [1.165, 1.54) is 18.4 Å². The van der Waals surface area contributed by atoms with E-state index in [-0.39, 0.29) is 5.91 Å². The summed E-state index contributed by atoms with van der Waals surface area (Å²) in [4.78, 5) is 14.5. The van der Waals surface area contributed by atoms with Gasteiger partial charge in [0.25, 0.3) is 5.91 Å². The fourth-order valence-electron chi connectivity index (χ4n) is 2.98. The molecule has 0 radical (unpaired) electrons. The number of anilines is 1. The van der Waals surface area contributed by atoms with Gasteiger partial charge in [0, 0.05) is 30.4 Å². The minimum atomic E-state index is 0.0387. The van der Waals surface area contributed by atoms with E-state index in [9.17, 15) is 4.79 Å². The van der Waals surface area contributed by atoms with E-state index in [0.717, 1.165) is 37.3 Å². The summed E-state index contributed by atoms with van der Waals surface area (Å²) < 4.78 is 0. The van der Waals surface area contributed by atoms with Crippen LogP contribution in [-0.2, 0) is 6.42 Å². The number of fused-ring (bicyclic) bond motifs is 1. The first-order chi connectivity index (χ1) is 9.24. The van der Waals surface area contributed by atoms with Crippen molar-refractivity contribution in [3.63, 3.8) is 0 Å². The topological polar surface area (TPSA) is 44.4 Å². The first-order valence-electron chi connectivity index (χ1n) is 7.09. The molecule has 0 aliphatic carbocycles. The van der Waals surface area contributed by atoms with Gasteiger partial charge in [0.1, 0.15) is 0 Å². The summed E-state index contributed by atoms with van der Waals surface area (Å²) in [5, 5.41) is 6.37. The van der Waals surface area contributed by atoms with Crippen molar-refractivity contribution in [1.82, 2.24) is 10.2 Å². The molecule has 2 N–H and O–H groups in total. The lowest BCUT2D eigenvalue weighted by Gasteiger charge is -2.19. The third-order valence-electron chi connectivity index (χ3n) is 4.25. The third kappa shape index (κ3) is 2.59. The molecule has 0 aromatic heterocycles. The number of rotatable bonds is 3. The van der Waals surface area contributed by atoms with E-state index in [1.807, 2.05) is 12.1 Å². The summed E-state index contributed by atoms with van der Waals surface area (Å²) in [5.74, 6) is 0.0387. The van der Waals surface area contributed by atoms with Crippen molar-refractivity contribution in [2.75, 3.05) is 32.0 Å². The number of likely N-dealkylation sites (tertiary alicyclic amines) is 1. The molecule has 0 saturated carbocycles. The van der Waals surface area contributed by atoms with E-state index in [4.69, 9.17) is 0 Å². The van der Waals surface area contributed by atoms with Gasteiger partial charge in [-0.1, -0.05) is 6.07 Å². The molecule has 0 bridgehead atoms. The fraction of sp³-hybridized carbons (Fsp3) is 0.533. The van der Waals surface area contributed by atoms with Gasteiger partial charge in [-0.05, 0) is 50.6 Å². The summed E-state index contributed by atoms with van der Waals surface area (Å²) in [6.45, 7) is 2.87. The minimum absolute atomic E-state index is 0.0387. The van der Waals surface area contributed by atoms with Crippen LogP contribution in [0.25, 0.3) is 0 Å². The Balaban J connectivity index is 1.61. The number of likely N-dealkylation sites (N-methyl/N-ethyl adjacent to an activating group) is 1. The molecular formula is C15H21N3O. The monoisotopic (exact) mass is 259 g/mol. The molecular weight excluding hydrogens is 238 g/mol. The average Bonchev–Trinajstić information content (AvgIpc) is 3.03. The van der Waals surface area contributed by atoms with Gasteiger partial charge in [-0.15, -0.1) is 0 Å². The smallest absolute Gasteiger partial charge is 0.251 e. The van der Waals surface area contributed by atoms with Gasteiger partial charge in [0.05, 0.1) is 0 Å². The molecule has 2 aliphatic rings. The lowest BCUT2D eigenvalue weighted by molar-refractivity contribution is 0.0943. The Morgan fingerprint density at radius 2 is 2.42 bits per heavy atom. The number of carbonyl (C=O) groups excluding carboxylic acids is 1. The molecule has 1 atom stereocenters. The first-order valence-corrected chi connectivity index (χ1v) is 7.09. The molecule has 4 heteroatoms. The fourth-order valence-corrected chi connectivity index (χ4v) is 2.98. The molecule has 19 heavy (non-hydrogen) atoms. The molecule has 4 nitrogen and oxygen atoms in total. The third-order valence-corrected chi connectivity index (χ3v) is 4.25. The van der Waals surface area contributed by atoms with Gasteiger partial charge >= 0.3 is 0 Å². The zero-order valence-corrected chi connectivity index (χ0v) is 11.4. The number of benzene rings is 1. The van der Waals surface area contributed by atoms with Crippen molar-refractivity contribution >= 4 is 11.6 Å². The lowest BCUT2D eigenvalue weighted by atomic mass is 10.1. The van der Waals surface area contributed by atoms with Crippen LogP contribution in [0.4, 0.5) is 5.69 Å². The molecule has 1 amide bonds. The van der Waals surface area contributed by atoms with E-state index < -0.39 is 0 Å². The van der Waals surface area contributed by atoms with Gasteiger partial charge in [0.2, 0.25) is 0 Å². The molecule has 102 valence electrons. The summed E-state index contributed by atoms with van der Waals surface area (Å²) >= 11 is 0. The van der Waals surface area contributed by atoms with E-state index in [1.54, 1.807) is 0 Å². The Morgan fingerprint density at radius 1 is 1.53 bits per heavy atom. The SMILES string of the molecule is CN1CCCC1CNC(=O)c1ccc2c(c1)NCC2. The number of hydrogen-bond donors (Lipinski definition) is 2. The van der Waals surface area contributed by atoms with E-state index >= 15 is 0 Å². The summed E-state index contributed by atoms with van der Waals surface area (Å²) in [7, 11) is 2.13. The van der Waals surface area contributed by atoms with E-state index in [2.05, 4.69) is 28.6 Å². The Labute approximate surface area is 114 Å². The quantitative estimate of drug-likeness (QED) is 0.864. The van der Waals surface area contributed by atoms with E-state index in [0.29, 0.717) is 6.04 Å². The Hall–Kier alpha value is -1.55. The first kappa shape index (κ1) is 12.5. The van der Waals surface area contributed by atoms with Crippen molar-refractivity contribution in [3.05, 3.63) is 29.3 Å². The molecule has 2 aliphatic heterocycles. The largest absolute Gasteiger partial charge is 0.384 e. The standard InChI is InChI=1S/C15H21N3O/c1-18-8-2-3-13(18)10-17-15(19)12-5-4-11-6-7-16-14(11)9-12/h4-5,9,13,16H,2-3,6-8,10H2,1H3,(H,17,19). The molecule has 3 rings (SSSR count). The molecule has 1 unspecified atom stereocenters. The van der Waals surface area contributed by atoms with Gasteiger partial charge in [-0.25, -0.2) is 0 Å². The summed E-state index contributed by atoms with van der Waals surface area (Å²) in [6.07, 6.45) is 3.48. The van der Waals surface area contributed by atoms with Gasteiger partial charge in [-0.3, -0.25) is 4.79 Å².